The molecule has 1 amide bonds. The number of hydrogen-bond donors (Lipinski definition) is 2. The van der Waals surface area contributed by atoms with Gasteiger partial charge in [-0.05, 0) is 34.4 Å². The fourth-order valence-corrected chi connectivity index (χ4v) is 5.74. The number of nitrogens with zero attached hydrogens (tertiary/aromatic N) is 4. The maximum Gasteiger partial charge on any atom is 0.508 e. The third-order valence-electron chi connectivity index (χ3n) is 7.84. The van der Waals surface area contributed by atoms with Crippen LogP contribution in [0.1, 0.15) is 40.1 Å². The van der Waals surface area contributed by atoms with E-state index in [0.717, 1.165) is 22.3 Å². The fraction of sp³-hybridized carbons (Fsp3) is 0.219. The van der Waals surface area contributed by atoms with E-state index >= 15 is 0 Å². The number of benzene rings is 3. The van der Waals surface area contributed by atoms with Gasteiger partial charge in [0, 0.05) is 17.9 Å². The summed E-state index contributed by atoms with van der Waals surface area (Å²) in [6, 6.07) is 24.9. The van der Waals surface area contributed by atoms with E-state index in [1.54, 1.807) is 28.8 Å². The highest BCUT2D eigenvalue weighted by molar-refractivity contribution is 6.06. The first-order valence-corrected chi connectivity index (χ1v) is 13.9. The van der Waals surface area contributed by atoms with Crippen LogP contribution in [-0.4, -0.2) is 62.1 Å². The zero-order chi connectivity index (χ0) is 29.3. The molecule has 3 heterocycles. The standard InChI is InChI=1S/C32H27N5O6/c38-25-14-27(37-18-35-28-29(33-17-34-30(28)37)36-31(39)19-8-2-1-3-9-19)43-26(25)16-42-32(40)41-15-24-22-12-6-4-10-20(22)21-11-5-7-13-23(21)24/h1-13,17-18,24-27,38H,14-16H2,(H,33,34,36,39)/t25-,26+,27+/m0/s1. The van der Waals surface area contributed by atoms with Gasteiger partial charge in [0.15, 0.2) is 17.0 Å². The summed E-state index contributed by atoms with van der Waals surface area (Å²) in [5.74, 6) is -0.157. The Balaban J connectivity index is 0.972. The fourth-order valence-electron chi connectivity index (χ4n) is 5.74. The Bertz CT molecular complexity index is 1760. The summed E-state index contributed by atoms with van der Waals surface area (Å²) in [7, 11) is 0. The molecule has 7 rings (SSSR count). The molecular weight excluding hydrogens is 550 g/mol. The summed E-state index contributed by atoms with van der Waals surface area (Å²) < 4.78 is 18.5. The van der Waals surface area contributed by atoms with Crippen LogP contribution in [0.2, 0.25) is 0 Å². The predicted molar refractivity (Wildman–Crippen MR) is 155 cm³/mol. The molecule has 1 saturated heterocycles. The van der Waals surface area contributed by atoms with Crippen molar-refractivity contribution >= 4 is 29.0 Å². The largest absolute Gasteiger partial charge is 0.508 e. The van der Waals surface area contributed by atoms with Crippen LogP contribution >= 0.6 is 0 Å². The van der Waals surface area contributed by atoms with Crippen LogP contribution in [0.25, 0.3) is 22.3 Å². The topological polar surface area (TPSA) is 138 Å². The van der Waals surface area contributed by atoms with E-state index in [9.17, 15) is 14.7 Å². The molecule has 0 unspecified atom stereocenters. The van der Waals surface area contributed by atoms with E-state index < -0.39 is 24.6 Å². The Hall–Kier alpha value is -5.13. The predicted octanol–water partition coefficient (Wildman–Crippen LogP) is 4.69. The average Bonchev–Trinajstić information content (AvgIpc) is 3.73. The van der Waals surface area contributed by atoms with Gasteiger partial charge >= 0.3 is 6.16 Å². The summed E-state index contributed by atoms with van der Waals surface area (Å²) in [6.07, 6.45) is -0.0669. The highest BCUT2D eigenvalue weighted by Gasteiger charge is 2.37. The number of aromatic nitrogens is 4. The molecule has 3 aromatic carbocycles. The number of carbonyl (C=O) groups excluding carboxylic acids is 2. The van der Waals surface area contributed by atoms with Crippen LogP contribution in [0.3, 0.4) is 0 Å². The van der Waals surface area contributed by atoms with Gasteiger partial charge in [-0.3, -0.25) is 9.36 Å². The number of aliphatic hydroxyl groups excluding tert-OH is 1. The van der Waals surface area contributed by atoms with Crippen molar-refractivity contribution in [2.45, 2.75) is 30.8 Å². The molecule has 2 aromatic heterocycles. The Kier molecular flexibility index (Phi) is 7.01. The molecule has 1 fully saturated rings. The Labute approximate surface area is 246 Å². The molecule has 2 aliphatic rings. The van der Waals surface area contributed by atoms with Crippen molar-refractivity contribution in [2.75, 3.05) is 18.5 Å². The van der Waals surface area contributed by atoms with Crippen molar-refractivity contribution in [1.82, 2.24) is 19.5 Å². The third-order valence-corrected chi connectivity index (χ3v) is 7.84. The lowest BCUT2D eigenvalue weighted by atomic mass is 9.98. The van der Waals surface area contributed by atoms with Crippen molar-refractivity contribution < 1.29 is 28.9 Å². The Morgan fingerprint density at radius 1 is 0.884 bits per heavy atom. The van der Waals surface area contributed by atoms with Gasteiger partial charge in [0.25, 0.3) is 5.91 Å². The maximum absolute atomic E-state index is 12.6. The zero-order valence-corrected chi connectivity index (χ0v) is 22.9. The molecule has 3 atom stereocenters. The Morgan fingerprint density at radius 3 is 2.30 bits per heavy atom. The first-order valence-electron chi connectivity index (χ1n) is 13.9. The van der Waals surface area contributed by atoms with E-state index in [0.29, 0.717) is 16.7 Å². The summed E-state index contributed by atoms with van der Waals surface area (Å²) in [5, 5.41) is 13.5. The van der Waals surface area contributed by atoms with Gasteiger partial charge in [-0.25, -0.2) is 19.7 Å². The minimum absolute atomic E-state index is 0.0865. The van der Waals surface area contributed by atoms with Crippen molar-refractivity contribution in [3.05, 3.63) is 108 Å². The highest BCUT2D eigenvalue weighted by atomic mass is 16.7. The molecular formula is C32H27N5O6. The first kappa shape index (κ1) is 26.7. The Morgan fingerprint density at radius 2 is 1.56 bits per heavy atom. The van der Waals surface area contributed by atoms with Crippen LogP contribution in [0.4, 0.5) is 10.6 Å². The number of rotatable bonds is 7. The molecule has 0 radical (unpaired) electrons. The van der Waals surface area contributed by atoms with Crippen LogP contribution in [-0.2, 0) is 14.2 Å². The number of nitrogens with one attached hydrogen (secondary N) is 1. The molecule has 216 valence electrons. The lowest BCUT2D eigenvalue weighted by Gasteiger charge is -2.17. The van der Waals surface area contributed by atoms with Gasteiger partial charge in [0.05, 0.1) is 12.4 Å². The molecule has 0 bridgehead atoms. The lowest BCUT2D eigenvalue weighted by Crippen LogP contribution is -2.28. The minimum atomic E-state index is -0.900. The zero-order valence-electron chi connectivity index (χ0n) is 22.9. The summed E-state index contributed by atoms with van der Waals surface area (Å²) in [4.78, 5) is 38.1. The van der Waals surface area contributed by atoms with Crippen LogP contribution in [0.5, 0.6) is 0 Å². The molecule has 1 aliphatic carbocycles. The minimum Gasteiger partial charge on any atom is -0.433 e. The maximum atomic E-state index is 12.6. The monoisotopic (exact) mass is 577 g/mol. The number of carbonyl (C=O) groups is 2. The molecule has 0 saturated carbocycles. The van der Waals surface area contributed by atoms with Gasteiger partial charge < -0.3 is 24.6 Å². The molecule has 0 spiro atoms. The van der Waals surface area contributed by atoms with E-state index in [2.05, 4.69) is 32.4 Å². The quantitative estimate of drug-likeness (QED) is 0.264. The average molecular weight is 578 g/mol. The second-order valence-electron chi connectivity index (χ2n) is 10.4. The van der Waals surface area contributed by atoms with Crippen LogP contribution < -0.4 is 5.32 Å². The van der Waals surface area contributed by atoms with Gasteiger partial charge in [-0.2, -0.15) is 0 Å². The van der Waals surface area contributed by atoms with Gasteiger partial charge in [0.2, 0.25) is 0 Å². The number of aliphatic hydroxyl groups is 1. The molecule has 11 heteroatoms. The van der Waals surface area contributed by atoms with Gasteiger partial charge in [-0.15, -0.1) is 0 Å². The smallest absolute Gasteiger partial charge is 0.433 e. The number of hydrogen-bond acceptors (Lipinski definition) is 9. The third kappa shape index (κ3) is 5.09. The normalized spacial score (nSPS) is 19.1. The number of ether oxygens (including phenoxy) is 3. The molecule has 11 nitrogen and oxygen atoms in total. The van der Waals surface area contributed by atoms with Gasteiger partial charge in [0.1, 0.15) is 31.9 Å². The molecule has 5 aromatic rings. The van der Waals surface area contributed by atoms with Crippen molar-refractivity contribution in [3.63, 3.8) is 0 Å². The number of amides is 1. The number of fused-ring (bicyclic) bond motifs is 4. The lowest BCUT2D eigenvalue weighted by molar-refractivity contribution is -0.0568. The van der Waals surface area contributed by atoms with E-state index in [-0.39, 0.29) is 37.3 Å². The van der Waals surface area contributed by atoms with E-state index in [1.807, 2.05) is 42.5 Å². The SMILES string of the molecule is O=C(OCC1c2ccccc2-c2ccccc21)OC[C@H]1O[C@@H](n2cnc3c(NC(=O)c4ccccc4)ncnc32)C[C@@H]1O. The first-order chi connectivity index (χ1) is 21.1. The van der Waals surface area contributed by atoms with E-state index in [1.165, 1.54) is 12.7 Å². The van der Waals surface area contributed by atoms with Crippen LogP contribution in [0, 0.1) is 0 Å². The second kappa shape index (κ2) is 11.3. The number of anilines is 1. The number of imidazole rings is 1. The summed E-state index contributed by atoms with van der Waals surface area (Å²) in [6.45, 7) is -0.0538. The van der Waals surface area contributed by atoms with Crippen LogP contribution in [0.15, 0.2) is 91.5 Å². The molecule has 43 heavy (non-hydrogen) atoms. The van der Waals surface area contributed by atoms with Crippen molar-refractivity contribution in [1.29, 1.82) is 0 Å². The second-order valence-corrected chi connectivity index (χ2v) is 10.4. The molecule has 2 N–H and O–H groups in total. The highest BCUT2D eigenvalue weighted by Crippen LogP contribution is 2.44. The summed E-state index contributed by atoms with van der Waals surface area (Å²) in [5.41, 5.74) is 5.77. The molecule has 1 aliphatic heterocycles. The van der Waals surface area contributed by atoms with Gasteiger partial charge in [-0.1, -0.05) is 66.7 Å². The summed E-state index contributed by atoms with van der Waals surface area (Å²) >= 11 is 0. The van der Waals surface area contributed by atoms with E-state index in [4.69, 9.17) is 14.2 Å². The van der Waals surface area contributed by atoms with Crippen molar-refractivity contribution in [2.24, 2.45) is 0 Å². The van der Waals surface area contributed by atoms with Crippen molar-refractivity contribution in [3.8, 4) is 11.1 Å².